The Kier molecular flexibility index (Phi) is 5.06. The first-order valence-corrected chi connectivity index (χ1v) is 8.77. The molecule has 4 rings (SSSR count). The molecule has 138 valence electrons. The Morgan fingerprint density at radius 1 is 1.26 bits per heavy atom. The van der Waals surface area contributed by atoms with Crippen molar-refractivity contribution >= 4 is 11.6 Å². The molecule has 0 bridgehead atoms. The Hall–Kier alpha value is -3.26. The van der Waals surface area contributed by atoms with Gasteiger partial charge < -0.3 is 14.8 Å². The van der Waals surface area contributed by atoms with Crippen LogP contribution in [0, 0.1) is 0 Å². The van der Waals surface area contributed by atoms with Crippen LogP contribution < -0.4 is 10.1 Å². The number of carbonyl (C=O) groups excluding carboxylic acids is 1. The molecule has 0 radical (unpaired) electrons. The van der Waals surface area contributed by atoms with E-state index < -0.39 is 0 Å². The molecule has 1 aliphatic rings. The molecule has 1 N–H and O–H groups in total. The average molecular weight is 365 g/mol. The van der Waals surface area contributed by atoms with E-state index in [9.17, 15) is 4.79 Å². The van der Waals surface area contributed by atoms with E-state index in [2.05, 4.69) is 20.8 Å². The monoisotopic (exact) mass is 365 g/mol. The molecule has 3 aromatic rings. The molecule has 1 fully saturated rings. The van der Waals surface area contributed by atoms with Crippen molar-refractivity contribution in [3.05, 3.63) is 60.4 Å². The number of benzene rings is 2. The third kappa shape index (κ3) is 4.29. The maximum absolute atomic E-state index is 12.5. The minimum atomic E-state index is -0.199. The van der Waals surface area contributed by atoms with Crippen LogP contribution in [0.5, 0.6) is 5.75 Å². The number of nitrogens with one attached hydrogen (secondary N) is 1. The van der Waals surface area contributed by atoms with Crippen LogP contribution in [0.1, 0.15) is 23.2 Å². The lowest BCUT2D eigenvalue weighted by Crippen LogP contribution is -2.16. The number of hydrogen-bond acceptors (Lipinski definition) is 6. The Morgan fingerprint density at radius 3 is 2.89 bits per heavy atom. The molecule has 1 saturated heterocycles. The molecule has 0 unspecified atom stereocenters. The Balaban J connectivity index is 1.37. The van der Waals surface area contributed by atoms with Gasteiger partial charge in [0.1, 0.15) is 18.7 Å². The van der Waals surface area contributed by atoms with Gasteiger partial charge in [0.25, 0.3) is 5.91 Å². The molecule has 2 heterocycles. The number of anilines is 1. The summed E-state index contributed by atoms with van der Waals surface area (Å²) in [6, 6.07) is 14.4. The highest BCUT2D eigenvalue weighted by molar-refractivity contribution is 6.04. The van der Waals surface area contributed by atoms with Crippen molar-refractivity contribution in [2.24, 2.45) is 0 Å². The summed E-state index contributed by atoms with van der Waals surface area (Å²) in [7, 11) is 0. The van der Waals surface area contributed by atoms with Crippen molar-refractivity contribution in [2.45, 2.75) is 18.9 Å². The number of aromatic nitrogens is 4. The molecule has 1 atom stereocenters. The molecular weight excluding hydrogens is 346 g/mol. The van der Waals surface area contributed by atoms with E-state index in [1.54, 1.807) is 30.3 Å². The highest BCUT2D eigenvalue weighted by Gasteiger charge is 2.16. The first-order valence-electron chi connectivity index (χ1n) is 8.77. The molecule has 27 heavy (non-hydrogen) atoms. The van der Waals surface area contributed by atoms with Gasteiger partial charge in [-0.3, -0.25) is 4.79 Å². The second-order valence-electron chi connectivity index (χ2n) is 6.23. The lowest BCUT2D eigenvalue weighted by Gasteiger charge is -2.12. The van der Waals surface area contributed by atoms with Gasteiger partial charge in [-0.1, -0.05) is 6.07 Å². The summed E-state index contributed by atoms with van der Waals surface area (Å²) < 4.78 is 12.8. The van der Waals surface area contributed by atoms with Crippen molar-refractivity contribution in [3.63, 3.8) is 0 Å². The van der Waals surface area contributed by atoms with Gasteiger partial charge in [-0.05, 0) is 65.7 Å². The van der Waals surface area contributed by atoms with Gasteiger partial charge in [0, 0.05) is 17.9 Å². The first kappa shape index (κ1) is 17.2. The quantitative estimate of drug-likeness (QED) is 0.722. The molecule has 0 aliphatic carbocycles. The van der Waals surface area contributed by atoms with Crippen LogP contribution in [0.4, 0.5) is 5.69 Å². The lowest BCUT2D eigenvalue weighted by atomic mass is 10.2. The molecule has 0 spiro atoms. The molecule has 2 aromatic carbocycles. The van der Waals surface area contributed by atoms with Crippen molar-refractivity contribution < 1.29 is 14.3 Å². The van der Waals surface area contributed by atoms with Crippen LogP contribution >= 0.6 is 0 Å². The third-order valence-electron chi connectivity index (χ3n) is 4.29. The van der Waals surface area contributed by atoms with Gasteiger partial charge in [-0.15, -0.1) is 5.10 Å². The number of amides is 1. The van der Waals surface area contributed by atoms with E-state index in [-0.39, 0.29) is 12.0 Å². The van der Waals surface area contributed by atoms with E-state index in [1.165, 1.54) is 11.0 Å². The van der Waals surface area contributed by atoms with E-state index in [0.29, 0.717) is 17.9 Å². The Labute approximate surface area is 156 Å². The summed E-state index contributed by atoms with van der Waals surface area (Å²) >= 11 is 0. The summed E-state index contributed by atoms with van der Waals surface area (Å²) in [4.78, 5) is 12.5. The molecule has 8 nitrogen and oxygen atoms in total. The highest BCUT2D eigenvalue weighted by atomic mass is 16.5. The molecule has 1 aromatic heterocycles. The van der Waals surface area contributed by atoms with E-state index in [1.807, 2.05) is 18.2 Å². The number of hydrogen-bond donors (Lipinski definition) is 1. The number of ether oxygens (including phenoxy) is 2. The van der Waals surface area contributed by atoms with Crippen molar-refractivity contribution in [1.29, 1.82) is 0 Å². The van der Waals surface area contributed by atoms with Crippen molar-refractivity contribution in [3.8, 4) is 11.4 Å². The maximum atomic E-state index is 12.5. The standard InChI is InChI=1S/C19H19N5O3/c25-19(21-15-3-1-4-16(11-15)24-13-20-22-23-24)14-6-8-17(9-7-14)27-12-18-5-2-10-26-18/h1,3-4,6-9,11,13,18H,2,5,10,12H2,(H,21,25)/t18-/m0/s1. The Morgan fingerprint density at radius 2 is 2.15 bits per heavy atom. The predicted molar refractivity (Wildman–Crippen MR) is 98.0 cm³/mol. The molecule has 1 amide bonds. The van der Waals surface area contributed by atoms with Crippen LogP contribution in [0.25, 0.3) is 5.69 Å². The van der Waals surface area contributed by atoms with Crippen LogP contribution in [0.15, 0.2) is 54.9 Å². The summed E-state index contributed by atoms with van der Waals surface area (Å²) in [6.45, 7) is 1.34. The van der Waals surface area contributed by atoms with Gasteiger partial charge in [0.05, 0.1) is 11.8 Å². The van der Waals surface area contributed by atoms with Crippen molar-refractivity contribution in [1.82, 2.24) is 20.2 Å². The van der Waals surface area contributed by atoms with Crippen LogP contribution in [-0.4, -0.2) is 45.4 Å². The first-order chi connectivity index (χ1) is 13.3. The fraction of sp³-hybridized carbons (Fsp3) is 0.263. The summed E-state index contributed by atoms with van der Waals surface area (Å²) in [5.74, 6) is 0.525. The zero-order valence-electron chi connectivity index (χ0n) is 14.6. The van der Waals surface area contributed by atoms with E-state index >= 15 is 0 Å². The summed E-state index contributed by atoms with van der Waals surface area (Å²) in [5, 5.41) is 13.9. The average Bonchev–Trinajstić information content (AvgIpc) is 3.41. The molecule has 0 saturated carbocycles. The molecule has 1 aliphatic heterocycles. The predicted octanol–water partition coefficient (Wildman–Crippen LogP) is 2.47. The molecular formula is C19H19N5O3. The number of tetrazole rings is 1. The maximum Gasteiger partial charge on any atom is 0.255 e. The zero-order valence-corrected chi connectivity index (χ0v) is 14.6. The van der Waals surface area contributed by atoms with Crippen molar-refractivity contribution in [2.75, 3.05) is 18.5 Å². The van der Waals surface area contributed by atoms with Gasteiger partial charge >= 0.3 is 0 Å². The smallest absolute Gasteiger partial charge is 0.255 e. The lowest BCUT2D eigenvalue weighted by molar-refractivity contribution is 0.0679. The molecule has 8 heteroatoms. The third-order valence-corrected chi connectivity index (χ3v) is 4.29. The van der Waals surface area contributed by atoms with Crippen LogP contribution in [-0.2, 0) is 4.74 Å². The van der Waals surface area contributed by atoms with Gasteiger partial charge in [0.15, 0.2) is 0 Å². The fourth-order valence-corrected chi connectivity index (χ4v) is 2.88. The number of nitrogens with zero attached hydrogens (tertiary/aromatic N) is 4. The van der Waals surface area contributed by atoms with Crippen LogP contribution in [0.2, 0.25) is 0 Å². The minimum Gasteiger partial charge on any atom is -0.491 e. The zero-order chi connectivity index (χ0) is 18.5. The Bertz CT molecular complexity index is 890. The number of rotatable bonds is 6. The normalized spacial score (nSPS) is 16.2. The minimum absolute atomic E-state index is 0.167. The second kappa shape index (κ2) is 7.96. The van der Waals surface area contributed by atoms with Crippen LogP contribution in [0.3, 0.4) is 0 Å². The van der Waals surface area contributed by atoms with Gasteiger partial charge in [-0.2, -0.15) is 0 Å². The van der Waals surface area contributed by atoms with E-state index in [0.717, 1.165) is 30.9 Å². The SMILES string of the molecule is O=C(Nc1cccc(-n2cnnn2)c1)c1ccc(OC[C@@H]2CCCO2)cc1. The van der Waals surface area contributed by atoms with Gasteiger partial charge in [0.2, 0.25) is 0 Å². The topological polar surface area (TPSA) is 91.2 Å². The second-order valence-corrected chi connectivity index (χ2v) is 6.23. The highest BCUT2D eigenvalue weighted by Crippen LogP contribution is 2.18. The summed E-state index contributed by atoms with van der Waals surface area (Å²) in [5.41, 5.74) is 1.97. The largest absolute Gasteiger partial charge is 0.491 e. The van der Waals surface area contributed by atoms with E-state index in [4.69, 9.17) is 9.47 Å². The number of carbonyl (C=O) groups is 1. The summed E-state index contributed by atoms with van der Waals surface area (Å²) in [6.07, 6.45) is 3.78. The fourth-order valence-electron chi connectivity index (χ4n) is 2.88. The van der Waals surface area contributed by atoms with Gasteiger partial charge in [-0.25, -0.2) is 4.68 Å².